The normalized spacial score (nSPS) is 11.0. The molecule has 7 nitrogen and oxygen atoms in total. The molecule has 32 heavy (non-hydrogen) atoms. The van der Waals surface area contributed by atoms with Gasteiger partial charge in [-0.25, -0.2) is 14.8 Å². The number of hydrogen-bond acceptors (Lipinski definition) is 7. The molecule has 164 valence electrons. The molecule has 0 unspecified atom stereocenters. The van der Waals surface area contributed by atoms with E-state index in [4.69, 9.17) is 9.47 Å². The molecule has 2 N–H and O–H groups in total. The lowest BCUT2D eigenvalue weighted by Crippen LogP contribution is -2.06. The molecule has 0 saturated carbocycles. The molecule has 0 spiro atoms. The summed E-state index contributed by atoms with van der Waals surface area (Å²) in [7, 11) is 2.97. The second-order valence-electron chi connectivity index (χ2n) is 7.51. The second kappa shape index (κ2) is 8.84. The van der Waals surface area contributed by atoms with Crippen LogP contribution in [0.15, 0.2) is 48.1 Å². The van der Waals surface area contributed by atoms with Crippen LogP contribution >= 0.6 is 11.3 Å². The van der Waals surface area contributed by atoms with E-state index in [1.807, 2.05) is 5.38 Å². The van der Waals surface area contributed by atoms with E-state index in [0.717, 1.165) is 21.3 Å². The molecule has 0 aliphatic carbocycles. The molecule has 0 fully saturated rings. The van der Waals surface area contributed by atoms with Crippen LogP contribution in [-0.4, -0.2) is 35.3 Å². The van der Waals surface area contributed by atoms with Gasteiger partial charge in [-0.3, -0.25) is 0 Å². The van der Waals surface area contributed by atoms with Crippen molar-refractivity contribution in [1.29, 1.82) is 0 Å². The fourth-order valence-electron chi connectivity index (χ4n) is 3.52. The number of aromatic carboxylic acids is 1. The smallest absolute Gasteiger partial charge is 0.337 e. The van der Waals surface area contributed by atoms with Crippen LogP contribution in [0.25, 0.3) is 21.3 Å². The number of benzene rings is 2. The zero-order chi connectivity index (χ0) is 22.8. The predicted octanol–water partition coefficient (Wildman–Crippen LogP) is 5.94. The summed E-state index contributed by atoms with van der Waals surface area (Å²) in [6.07, 6.45) is 1.47. The third-order valence-electron chi connectivity index (χ3n) is 5.27. The van der Waals surface area contributed by atoms with Gasteiger partial charge < -0.3 is 19.9 Å². The number of anilines is 2. The van der Waals surface area contributed by atoms with E-state index in [-0.39, 0.29) is 5.56 Å². The van der Waals surface area contributed by atoms with Crippen molar-refractivity contribution in [3.8, 4) is 22.6 Å². The molecule has 2 aromatic carbocycles. The topological polar surface area (TPSA) is 93.6 Å². The fourth-order valence-corrected chi connectivity index (χ4v) is 4.43. The summed E-state index contributed by atoms with van der Waals surface area (Å²) < 4.78 is 10.6. The number of carbonyl (C=O) groups is 1. The summed E-state index contributed by atoms with van der Waals surface area (Å²) in [5, 5.41) is 15.8. The molecule has 8 heteroatoms. The number of rotatable bonds is 7. The maximum absolute atomic E-state index is 11.9. The number of ether oxygens (including phenoxy) is 2. The molecule has 0 aliphatic rings. The van der Waals surface area contributed by atoms with Crippen molar-refractivity contribution < 1.29 is 19.4 Å². The van der Waals surface area contributed by atoms with Gasteiger partial charge in [0.15, 0.2) is 11.5 Å². The highest BCUT2D eigenvalue weighted by Crippen LogP contribution is 2.40. The van der Waals surface area contributed by atoms with Crippen LogP contribution in [0.2, 0.25) is 0 Å². The first-order valence-corrected chi connectivity index (χ1v) is 10.9. The first kappa shape index (κ1) is 21.6. The van der Waals surface area contributed by atoms with Crippen LogP contribution in [0.1, 0.15) is 35.7 Å². The highest BCUT2D eigenvalue weighted by Gasteiger charge is 2.19. The Labute approximate surface area is 189 Å². The van der Waals surface area contributed by atoms with Crippen molar-refractivity contribution in [3.05, 3.63) is 59.2 Å². The van der Waals surface area contributed by atoms with Gasteiger partial charge in [-0.05, 0) is 17.0 Å². The van der Waals surface area contributed by atoms with E-state index in [0.29, 0.717) is 28.9 Å². The summed E-state index contributed by atoms with van der Waals surface area (Å²) in [6.45, 7) is 4.32. The minimum Gasteiger partial charge on any atom is -0.493 e. The molecule has 4 rings (SSSR count). The fraction of sp³-hybridized carbons (Fsp3) is 0.208. The molecular formula is C24H23N3O4S. The first-order valence-electron chi connectivity index (χ1n) is 10.0. The van der Waals surface area contributed by atoms with Crippen molar-refractivity contribution in [3.63, 3.8) is 0 Å². The number of fused-ring (bicyclic) bond motifs is 1. The number of nitrogens with zero attached hydrogens (tertiary/aromatic N) is 2. The van der Waals surface area contributed by atoms with Gasteiger partial charge in [0.1, 0.15) is 17.0 Å². The molecule has 0 bridgehead atoms. The highest BCUT2D eigenvalue weighted by molar-refractivity contribution is 7.17. The van der Waals surface area contributed by atoms with Crippen LogP contribution in [-0.2, 0) is 0 Å². The van der Waals surface area contributed by atoms with Crippen LogP contribution in [0, 0.1) is 0 Å². The van der Waals surface area contributed by atoms with Crippen molar-refractivity contribution in [2.45, 2.75) is 19.8 Å². The van der Waals surface area contributed by atoms with Gasteiger partial charge in [-0.15, -0.1) is 11.3 Å². The molecule has 4 aromatic rings. The number of aromatic nitrogens is 2. The molecular weight excluding hydrogens is 426 g/mol. The Hall–Kier alpha value is -3.65. The van der Waals surface area contributed by atoms with Gasteiger partial charge in [-0.1, -0.05) is 38.1 Å². The van der Waals surface area contributed by atoms with Gasteiger partial charge in [0.05, 0.1) is 30.9 Å². The van der Waals surface area contributed by atoms with Crippen molar-refractivity contribution >= 4 is 39.0 Å². The summed E-state index contributed by atoms with van der Waals surface area (Å²) in [5.41, 5.74) is 3.69. The van der Waals surface area contributed by atoms with Crippen LogP contribution in [0.3, 0.4) is 0 Å². The first-order chi connectivity index (χ1) is 15.4. The summed E-state index contributed by atoms with van der Waals surface area (Å²) in [5.74, 6) is 0.635. The number of methoxy groups -OCH3 is 2. The summed E-state index contributed by atoms with van der Waals surface area (Å²) in [4.78, 5) is 21.5. The summed E-state index contributed by atoms with van der Waals surface area (Å²) >= 11 is 1.52. The predicted molar refractivity (Wildman–Crippen MR) is 127 cm³/mol. The minimum atomic E-state index is -1.09. The molecule has 0 atom stereocenters. The van der Waals surface area contributed by atoms with E-state index in [2.05, 4.69) is 53.4 Å². The Morgan fingerprint density at radius 3 is 2.38 bits per heavy atom. The van der Waals surface area contributed by atoms with Crippen molar-refractivity contribution in [2.75, 3.05) is 19.5 Å². The molecule has 2 aromatic heterocycles. The lowest BCUT2D eigenvalue weighted by Gasteiger charge is -2.15. The average Bonchev–Trinajstić information content (AvgIpc) is 3.24. The van der Waals surface area contributed by atoms with Crippen LogP contribution in [0.5, 0.6) is 11.5 Å². The number of thiophene rings is 1. The average molecular weight is 450 g/mol. The van der Waals surface area contributed by atoms with Crippen LogP contribution in [0.4, 0.5) is 11.5 Å². The quantitative estimate of drug-likeness (QED) is 0.360. The standard InChI is InChI=1S/C24H23N3O4S/c1-13(2)14-5-7-15(8-6-14)17-11-32-23-21(17)22(25-12-26-23)27-18-10-20(31-4)19(30-3)9-16(18)24(28)29/h5-13H,1-4H3,(H,28,29)(H,25,26,27). The van der Waals surface area contributed by atoms with Gasteiger partial charge in [0.25, 0.3) is 0 Å². The number of nitrogens with one attached hydrogen (secondary N) is 1. The minimum absolute atomic E-state index is 0.0486. The molecule has 0 aliphatic heterocycles. The maximum Gasteiger partial charge on any atom is 0.337 e. The zero-order valence-corrected chi connectivity index (χ0v) is 19.0. The third kappa shape index (κ3) is 3.97. The van der Waals surface area contributed by atoms with E-state index >= 15 is 0 Å². The van der Waals surface area contributed by atoms with Crippen molar-refractivity contribution in [1.82, 2.24) is 9.97 Å². The Kier molecular flexibility index (Phi) is 5.96. The number of carboxylic acid groups (broad SMARTS) is 1. The van der Waals surface area contributed by atoms with Crippen molar-refractivity contribution in [2.24, 2.45) is 0 Å². The molecule has 0 radical (unpaired) electrons. The number of carboxylic acids is 1. The molecule has 0 amide bonds. The third-order valence-corrected chi connectivity index (χ3v) is 6.15. The number of hydrogen-bond donors (Lipinski definition) is 2. The lowest BCUT2D eigenvalue weighted by atomic mass is 9.99. The lowest BCUT2D eigenvalue weighted by molar-refractivity contribution is 0.0697. The highest BCUT2D eigenvalue weighted by atomic mass is 32.1. The maximum atomic E-state index is 11.9. The largest absolute Gasteiger partial charge is 0.493 e. The Morgan fingerprint density at radius 2 is 1.75 bits per heavy atom. The second-order valence-corrected chi connectivity index (χ2v) is 8.37. The summed E-state index contributed by atoms with van der Waals surface area (Å²) in [6, 6.07) is 11.5. The Balaban J connectivity index is 1.83. The van der Waals surface area contributed by atoms with Gasteiger partial charge in [-0.2, -0.15) is 0 Å². The van der Waals surface area contributed by atoms with Gasteiger partial charge in [0, 0.05) is 23.1 Å². The van der Waals surface area contributed by atoms with Gasteiger partial charge >= 0.3 is 5.97 Å². The van der Waals surface area contributed by atoms with E-state index in [1.165, 1.54) is 43.5 Å². The Bertz CT molecular complexity index is 1280. The zero-order valence-electron chi connectivity index (χ0n) is 18.2. The Morgan fingerprint density at radius 1 is 1.06 bits per heavy atom. The van der Waals surface area contributed by atoms with E-state index in [1.54, 1.807) is 6.07 Å². The van der Waals surface area contributed by atoms with E-state index < -0.39 is 5.97 Å². The molecule has 0 saturated heterocycles. The van der Waals surface area contributed by atoms with Gasteiger partial charge in [0.2, 0.25) is 0 Å². The molecule has 2 heterocycles. The monoisotopic (exact) mass is 449 g/mol. The SMILES string of the molecule is COc1cc(Nc2ncnc3scc(-c4ccc(C(C)C)cc4)c23)c(C(=O)O)cc1OC. The van der Waals surface area contributed by atoms with E-state index in [9.17, 15) is 9.90 Å². The van der Waals surface area contributed by atoms with Crippen LogP contribution < -0.4 is 14.8 Å².